The average Bonchev–Trinajstić information content (AvgIpc) is 2.95. The zero-order valence-electron chi connectivity index (χ0n) is 14.1. The molecule has 0 aliphatic heterocycles. The van der Waals surface area contributed by atoms with Gasteiger partial charge in [-0.25, -0.2) is 0 Å². The van der Waals surface area contributed by atoms with Gasteiger partial charge in [-0.3, -0.25) is 0 Å². The van der Waals surface area contributed by atoms with Crippen molar-refractivity contribution in [3.05, 3.63) is 71.5 Å². The van der Waals surface area contributed by atoms with Crippen molar-refractivity contribution >= 4 is 11.8 Å². The van der Waals surface area contributed by atoms with E-state index in [1.165, 1.54) is 11.1 Å². The Kier molecular flexibility index (Phi) is 5.20. The molecule has 0 N–H and O–H groups in total. The smallest absolute Gasteiger partial charge is 0.191 e. The number of nitrogens with zero attached hydrogens (tertiary/aromatic N) is 3. The van der Waals surface area contributed by atoms with Crippen LogP contribution >= 0.6 is 11.8 Å². The Morgan fingerprint density at radius 3 is 2.62 bits per heavy atom. The van der Waals surface area contributed by atoms with E-state index in [-0.39, 0.29) is 6.10 Å². The van der Waals surface area contributed by atoms with E-state index in [2.05, 4.69) is 41.4 Å². The fourth-order valence-electron chi connectivity index (χ4n) is 2.51. The molecule has 0 fully saturated rings. The second-order valence-electron chi connectivity index (χ2n) is 5.75. The molecule has 2 aromatic carbocycles. The maximum Gasteiger partial charge on any atom is 0.191 e. The van der Waals surface area contributed by atoms with Gasteiger partial charge in [-0.2, -0.15) is 0 Å². The van der Waals surface area contributed by atoms with Crippen molar-refractivity contribution in [2.75, 3.05) is 0 Å². The van der Waals surface area contributed by atoms with Crippen LogP contribution in [0.1, 0.15) is 30.0 Å². The Morgan fingerprint density at radius 1 is 1.08 bits per heavy atom. The lowest BCUT2D eigenvalue weighted by Crippen LogP contribution is -2.10. The standard InChI is InChI=1S/C19H21N3OS/c1-14-8-7-9-16(12-14)13-24-19-21-20-18(22(19)3)15(2)23-17-10-5-4-6-11-17/h4-12,15H,13H2,1-3H3. The molecule has 5 heteroatoms. The van der Waals surface area contributed by atoms with Crippen LogP contribution in [-0.2, 0) is 12.8 Å². The number of para-hydroxylation sites is 1. The molecule has 1 atom stereocenters. The molecule has 3 rings (SSSR count). The number of aryl methyl sites for hydroxylation is 1. The van der Waals surface area contributed by atoms with Crippen molar-refractivity contribution in [1.29, 1.82) is 0 Å². The summed E-state index contributed by atoms with van der Waals surface area (Å²) in [5, 5.41) is 9.52. The molecule has 0 radical (unpaired) electrons. The molecule has 0 aliphatic carbocycles. The summed E-state index contributed by atoms with van der Waals surface area (Å²) < 4.78 is 7.95. The summed E-state index contributed by atoms with van der Waals surface area (Å²) in [6.45, 7) is 4.10. The maximum absolute atomic E-state index is 5.94. The molecule has 3 aromatic rings. The van der Waals surface area contributed by atoms with Crippen molar-refractivity contribution in [3.8, 4) is 5.75 Å². The monoisotopic (exact) mass is 339 g/mol. The molecule has 0 saturated carbocycles. The topological polar surface area (TPSA) is 39.9 Å². The van der Waals surface area contributed by atoms with E-state index in [0.717, 1.165) is 22.5 Å². The van der Waals surface area contributed by atoms with Crippen LogP contribution in [0.3, 0.4) is 0 Å². The van der Waals surface area contributed by atoms with E-state index in [0.29, 0.717) is 0 Å². The Balaban J connectivity index is 1.67. The Morgan fingerprint density at radius 2 is 1.88 bits per heavy atom. The van der Waals surface area contributed by atoms with Crippen LogP contribution in [0, 0.1) is 6.92 Å². The third kappa shape index (κ3) is 3.97. The molecule has 0 bridgehead atoms. The molecule has 0 spiro atoms. The Bertz CT molecular complexity index is 801. The fraction of sp³-hybridized carbons (Fsp3) is 0.263. The summed E-state index contributed by atoms with van der Waals surface area (Å²) in [5.41, 5.74) is 2.56. The Labute approximate surface area is 146 Å². The molecule has 0 saturated heterocycles. The van der Waals surface area contributed by atoms with Crippen LogP contribution < -0.4 is 4.74 Å². The van der Waals surface area contributed by atoms with Crippen molar-refractivity contribution in [2.24, 2.45) is 7.05 Å². The molecule has 0 aliphatic rings. The number of hydrogen-bond donors (Lipinski definition) is 0. The lowest BCUT2D eigenvalue weighted by atomic mass is 10.2. The molecular formula is C19H21N3OS. The number of benzene rings is 2. The first-order valence-corrected chi connectivity index (χ1v) is 8.91. The minimum Gasteiger partial charge on any atom is -0.483 e. The second kappa shape index (κ2) is 7.53. The molecular weight excluding hydrogens is 318 g/mol. The van der Waals surface area contributed by atoms with Gasteiger partial charge in [0, 0.05) is 12.8 Å². The van der Waals surface area contributed by atoms with Gasteiger partial charge in [-0.05, 0) is 31.5 Å². The Hall–Kier alpha value is -2.27. The fourth-order valence-corrected chi connectivity index (χ4v) is 3.37. The van der Waals surface area contributed by atoms with E-state index in [1.54, 1.807) is 11.8 Å². The largest absolute Gasteiger partial charge is 0.483 e. The minimum atomic E-state index is -0.154. The number of hydrogen-bond acceptors (Lipinski definition) is 4. The predicted molar refractivity (Wildman–Crippen MR) is 97.2 cm³/mol. The normalized spacial score (nSPS) is 12.1. The van der Waals surface area contributed by atoms with Crippen LogP contribution in [0.2, 0.25) is 0 Å². The highest BCUT2D eigenvalue weighted by Crippen LogP contribution is 2.25. The van der Waals surface area contributed by atoms with Gasteiger partial charge >= 0.3 is 0 Å². The predicted octanol–water partition coefficient (Wildman–Crippen LogP) is 4.56. The molecule has 124 valence electrons. The SMILES string of the molecule is Cc1cccc(CSc2nnc(C(C)Oc3ccccc3)n2C)c1. The van der Waals surface area contributed by atoms with Gasteiger partial charge in [-0.15, -0.1) is 10.2 Å². The number of rotatable bonds is 6. The summed E-state index contributed by atoms with van der Waals surface area (Å²) in [6, 6.07) is 18.3. The van der Waals surface area contributed by atoms with Crippen molar-refractivity contribution in [3.63, 3.8) is 0 Å². The number of thioether (sulfide) groups is 1. The van der Waals surface area contributed by atoms with Gasteiger partial charge in [0.05, 0.1) is 0 Å². The van der Waals surface area contributed by atoms with Crippen LogP contribution in [0.4, 0.5) is 0 Å². The van der Waals surface area contributed by atoms with Crippen molar-refractivity contribution in [1.82, 2.24) is 14.8 Å². The van der Waals surface area contributed by atoms with Crippen molar-refractivity contribution < 1.29 is 4.74 Å². The van der Waals surface area contributed by atoms with Gasteiger partial charge in [0.25, 0.3) is 0 Å². The van der Waals surface area contributed by atoms with Gasteiger partial charge < -0.3 is 9.30 Å². The summed E-state index contributed by atoms with van der Waals surface area (Å²) >= 11 is 1.69. The second-order valence-corrected chi connectivity index (χ2v) is 6.69. The highest BCUT2D eigenvalue weighted by Gasteiger charge is 2.17. The van der Waals surface area contributed by atoms with E-state index < -0.39 is 0 Å². The molecule has 1 heterocycles. The summed E-state index contributed by atoms with van der Waals surface area (Å²) in [5.74, 6) is 2.54. The molecule has 24 heavy (non-hydrogen) atoms. The molecule has 0 amide bonds. The minimum absolute atomic E-state index is 0.154. The van der Waals surface area contributed by atoms with Crippen LogP contribution in [0.15, 0.2) is 59.8 Å². The van der Waals surface area contributed by atoms with Gasteiger partial charge in [-0.1, -0.05) is 59.8 Å². The highest BCUT2D eigenvalue weighted by molar-refractivity contribution is 7.98. The van der Waals surface area contributed by atoms with E-state index in [4.69, 9.17) is 4.74 Å². The average molecular weight is 339 g/mol. The number of ether oxygens (including phenoxy) is 1. The van der Waals surface area contributed by atoms with Gasteiger partial charge in [0.1, 0.15) is 5.75 Å². The summed E-state index contributed by atoms with van der Waals surface area (Å²) in [7, 11) is 1.98. The van der Waals surface area contributed by atoms with E-state index >= 15 is 0 Å². The lowest BCUT2D eigenvalue weighted by molar-refractivity contribution is 0.211. The molecule has 4 nitrogen and oxygen atoms in total. The first kappa shape index (κ1) is 16.6. The zero-order valence-corrected chi connectivity index (χ0v) is 15.0. The maximum atomic E-state index is 5.94. The van der Waals surface area contributed by atoms with Crippen molar-refractivity contribution in [2.45, 2.75) is 30.9 Å². The first-order chi connectivity index (χ1) is 11.6. The van der Waals surface area contributed by atoms with Crippen LogP contribution in [-0.4, -0.2) is 14.8 Å². The van der Waals surface area contributed by atoms with E-state index in [9.17, 15) is 0 Å². The third-order valence-corrected chi connectivity index (χ3v) is 4.83. The third-order valence-electron chi connectivity index (χ3n) is 3.74. The lowest BCUT2D eigenvalue weighted by Gasteiger charge is -2.14. The zero-order chi connectivity index (χ0) is 16.9. The summed E-state index contributed by atoms with van der Waals surface area (Å²) in [6.07, 6.45) is -0.154. The highest BCUT2D eigenvalue weighted by atomic mass is 32.2. The molecule has 1 unspecified atom stereocenters. The van der Waals surface area contributed by atoms with Crippen LogP contribution in [0.25, 0.3) is 0 Å². The van der Waals surface area contributed by atoms with E-state index in [1.807, 2.05) is 48.9 Å². The first-order valence-electron chi connectivity index (χ1n) is 7.93. The summed E-state index contributed by atoms with van der Waals surface area (Å²) in [4.78, 5) is 0. The number of aromatic nitrogens is 3. The van der Waals surface area contributed by atoms with Crippen LogP contribution in [0.5, 0.6) is 5.75 Å². The van der Waals surface area contributed by atoms with Gasteiger partial charge in [0.2, 0.25) is 0 Å². The van der Waals surface area contributed by atoms with Gasteiger partial charge in [0.15, 0.2) is 17.1 Å². The quantitative estimate of drug-likeness (QED) is 0.617. The molecule has 1 aromatic heterocycles.